The lowest BCUT2D eigenvalue weighted by Crippen LogP contribution is -3.07. The van der Waals surface area contributed by atoms with Crippen molar-refractivity contribution in [3.8, 4) is 11.5 Å². The number of ether oxygens (including phenoxy) is 2. The molecule has 2 N–H and O–H groups in total. The third-order valence-corrected chi connectivity index (χ3v) is 4.62. The highest BCUT2D eigenvalue weighted by molar-refractivity contribution is 5.94. The SMILES string of the molecule is COc1ccc(C(=O)NC[C@H](c2ccc(N(C)C)cc2)[NH+](C)C)cc1OC. The number of nitrogens with one attached hydrogen (secondary N) is 2. The second-order valence-electron chi connectivity index (χ2n) is 6.90. The molecular weight excluding hydrogens is 342 g/mol. The Morgan fingerprint density at radius 1 is 1.04 bits per heavy atom. The normalized spacial score (nSPS) is 11.8. The number of hydrogen-bond acceptors (Lipinski definition) is 4. The van der Waals surface area contributed by atoms with Crippen LogP contribution >= 0.6 is 0 Å². The predicted molar refractivity (Wildman–Crippen MR) is 108 cm³/mol. The molecule has 2 rings (SSSR count). The van der Waals surface area contributed by atoms with E-state index in [-0.39, 0.29) is 11.9 Å². The number of anilines is 1. The first-order valence-electron chi connectivity index (χ1n) is 8.95. The number of quaternary nitrogens is 1. The molecule has 27 heavy (non-hydrogen) atoms. The lowest BCUT2D eigenvalue weighted by molar-refractivity contribution is -0.890. The molecule has 0 unspecified atom stereocenters. The van der Waals surface area contributed by atoms with Gasteiger partial charge >= 0.3 is 0 Å². The largest absolute Gasteiger partial charge is 0.493 e. The van der Waals surface area contributed by atoms with Crippen molar-refractivity contribution >= 4 is 11.6 Å². The molecular formula is C21H30N3O3+. The molecule has 0 aliphatic heterocycles. The first-order valence-corrected chi connectivity index (χ1v) is 8.95. The predicted octanol–water partition coefficient (Wildman–Crippen LogP) is 1.39. The Morgan fingerprint density at radius 2 is 1.67 bits per heavy atom. The smallest absolute Gasteiger partial charge is 0.251 e. The van der Waals surface area contributed by atoms with Crippen molar-refractivity contribution in [1.82, 2.24) is 5.32 Å². The quantitative estimate of drug-likeness (QED) is 0.735. The highest BCUT2D eigenvalue weighted by atomic mass is 16.5. The Balaban J connectivity index is 2.10. The zero-order valence-corrected chi connectivity index (χ0v) is 17.0. The van der Waals surface area contributed by atoms with E-state index in [1.165, 1.54) is 10.5 Å². The van der Waals surface area contributed by atoms with Gasteiger partial charge in [0, 0.05) is 30.9 Å². The first kappa shape index (κ1) is 20.6. The Kier molecular flexibility index (Phi) is 7.07. The van der Waals surface area contributed by atoms with Crippen molar-refractivity contribution in [2.75, 3.05) is 53.9 Å². The highest BCUT2D eigenvalue weighted by Crippen LogP contribution is 2.27. The maximum absolute atomic E-state index is 12.6. The van der Waals surface area contributed by atoms with Crippen molar-refractivity contribution in [3.63, 3.8) is 0 Å². The van der Waals surface area contributed by atoms with Gasteiger partial charge in [0.2, 0.25) is 0 Å². The van der Waals surface area contributed by atoms with Gasteiger partial charge in [0.15, 0.2) is 11.5 Å². The van der Waals surface area contributed by atoms with Gasteiger partial charge in [-0.15, -0.1) is 0 Å². The summed E-state index contributed by atoms with van der Waals surface area (Å²) < 4.78 is 10.5. The number of carbonyl (C=O) groups excluding carboxylic acids is 1. The minimum atomic E-state index is -0.132. The van der Waals surface area contributed by atoms with E-state index in [9.17, 15) is 4.79 Å². The number of nitrogens with zero attached hydrogens (tertiary/aromatic N) is 1. The molecule has 1 amide bonds. The molecule has 2 aromatic rings. The van der Waals surface area contributed by atoms with Crippen molar-refractivity contribution in [2.24, 2.45) is 0 Å². The van der Waals surface area contributed by atoms with Crippen molar-refractivity contribution in [3.05, 3.63) is 53.6 Å². The number of hydrogen-bond donors (Lipinski definition) is 2. The van der Waals surface area contributed by atoms with Crippen LogP contribution in [0.15, 0.2) is 42.5 Å². The molecule has 0 bridgehead atoms. The van der Waals surface area contributed by atoms with Gasteiger partial charge in [-0.1, -0.05) is 12.1 Å². The van der Waals surface area contributed by atoms with E-state index < -0.39 is 0 Å². The molecule has 146 valence electrons. The summed E-state index contributed by atoms with van der Waals surface area (Å²) in [5.41, 5.74) is 2.89. The van der Waals surface area contributed by atoms with E-state index in [2.05, 4.69) is 48.6 Å². The highest BCUT2D eigenvalue weighted by Gasteiger charge is 2.20. The lowest BCUT2D eigenvalue weighted by atomic mass is 10.0. The summed E-state index contributed by atoms with van der Waals surface area (Å²) in [6, 6.07) is 13.8. The van der Waals surface area contributed by atoms with Gasteiger partial charge in [-0.05, 0) is 30.3 Å². The first-order chi connectivity index (χ1) is 12.9. The summed E-state index contributed by atoms with van der Waals surface area (Å²) in [6.45, 7) is 0.539. The molecule has 0 fully saturated rings. The number of amides is 1. The van der Waals surface area contributed by atoms with Crippen LogP contribution in [0.4, 0.5) is 5.69 Å². The molecule has 6 nitrogen and oxygen atoms in total. The Bertz CT molecular complexity index is 758. The molecule has 0 saturated heterocycles. The summed E-state index contributed by atoms with van der Waals surface area (Å²) in [5, 5.41) is 3.04. The van der Waals surface area contributed by atoms with Gasteiger partial charge in [0.05, 0.1) is 34.9 Å². The van der Waals surface area contributed by atoms with Gasteiger partial charge in [0.25, 0.3) is 5.91 Å². The molecule has 0 saturated carbocycles. The second kappa shape index (κ2) is 9.28. The van der Waals surface area contributed by atoms with E-state index in [4.69, 9.17) is 9.47 Å². The lowest BCUT2D eigenvalue weighted by Gasteiger charge is -2.23. The molecule has 0 spiro atoms. The Labute approximate surface area is 161 Å². The average molecular weight is 372 g/mol. The number of methoxy groups -OCH3 is 2. The van der Waals surface area contributed by atoms with Gasteiger partial charge in [0.1, 0.15) is 6.04 Å². The van der Waals surface area contributed by atoms with Gasteiger partial charge < -0.3 is 24.6 Å². The van der Waals surface area contributed by atoms with Crippen LogP contribution in [0.25, 0.3) is 0 Å². The fraction of sp³-hybridized carbons (Fsp3) is 0.381. The van der Waals surface area contributed by atoms with E-state index in [1.54, 1.807) is 32.4 Å². The molecule has 0 aromatic heterocycles. The number of carbonyl (C=O) groups is 1. The van der Waals surface area contributed by atoms with Crippen LogP contribution in [-0.4, -0.2) is 54.9 Å². The fourth-order valence-corrected chi connectivity index (χ4v) is 2.93. The second-order valence-corrected chi connectivity index (χ2v) is 6.90. The average Bonchev–Trinajstić information content (AvgIpc) is 2.67. The summed E-state index contributed by atoms with van der Waals surface area (Å²) in [7, 11) is 11.4. The van der Waals surface area contributed by atoms with Crippen LogP contribution in [0.1, 0.15) is 22.0 Å². The number of likely N-dealkylation sites (N-methyl/N-ethyl adjacent to an activating group) is 1. The van der Waals surface area contributed by atoms with Crippen LogP contribution in [0, 0.1) is 0 Å². The van der Waals surface area contributed by atoms with E-state index in [1.807, 2.05) is 14.1 Å². The maximum atomic E-state index is 12.6. The van der Waals surface area contributed by atoms with Gasteiger partial charge in [-0.3, -0.25) is 4.79 Å². The summed E-state index contributed by atoms with van der Waals surface area (Å²) in [5.74, 6) is 1.01. The molecule has 0 radical (unpaired) electrons. The minimum Gasteiger partial charge on any atom is -0.493 e. The molecule has 1 atom stereocenters. The summed E-state index contributed by atoms with van der Waals surface area (Å²) in [6.07, 6.45) is 0. The Morgan fingerprint density at radius 3 is 2.19 bits per heavy atom. The molecule has 0 heterocycles. The molecule has 0 aliphatic rings. The zero-order chi connectivity index (χ0) is 20.0. The maximum Gasteiger partial charge on any atom is 0.251 e. The topological polar surface area (TPSA) is 55.2 Å². The number of benzene rings is 2. The van der Waals surface area contributed by atoms with Crippen LogP contribution < -0.4 is 24.6 Å². The van der Waals surface area contributed by atoms with Crippen LogP contribution in [0.2, 0.25) is 0 Å². The van der Waals surface area contributed by atoms with Crippen molar-refractivity contribution < 1.29 is 19.2 Å². The standard InChI is InChI=1S/C21H29N3O3/c1-23(2)17-10-7-15(8-11-17)18(24(3)4)14-22-21(25)16-9-12-19(26-5)20(13-16)27-6/h7-13,18H,14H2,1-6H3,(H,22,25)/p+1/t18-/m1/s1. The number of rotatable bonds is 8. The minimum absolute atomic E-state index is 0.132. The van der Waals surface area contributed by atoms with E-state index in [0.717, 1.165) is 5.69 Å². The van der Waals surface area contributed by atoms with E-state index in [0.29, 0.717) is 23.6 Å². The molecule has 6 heteroatoms. The van der Waals surface area contributed by atoms with Crippen molar-refractivity contribution in [2.45, 2.75) is 6.04 Å². The zero-order valence-electron chi connectivity index (χ0n) is 17.0. The van der Waals surface area contributed by atoms with Crippen LogP contribution in [0.3, 0.4) is 0 Å². The van der Waals surface area contributed by atoms with Gasteiger partial charge in [-0.25, -0.2) is 0 Å². The molecule has 2 aromatic carbocycles. The summed E-state index contributed by atoms with van der Waals surface area (Å²) in [4.78, 5) is 15.9. The summed E-state index contributed by atoms with van der Waals surface area (Å²) >= 11 is 0. The Hall–Kier alpha value is -2.73. The van der Waals surface area contributed by atoms with Gasteiger partial charge in [-0.2, -0.15) is 0 Å². The van der Waals surface area contributed by atoms with Crippen LogP contribution in [0.5, 0.6) is 11.5 Å². The van der Waals surface area contributed by atoms with E-state index >= 15 is 0 Å². The third-order valence-electron chi connectivity index (χ3n) is 4.62. The van der Waals surface area contributed by atoms with Crippen LogP contribution in [-0.2, 0) is 0 Å². The molecule has 0 aliphatic carbocycles. The third kappa shape index (κ3) is 5.14. The fourth-order valence-electron chi connectivity index (χ4n) is 2.93. The van der Waals surface area contributed by atoms with Crippen molar-refractivity contribution in [1.29, 1.82) is 0 Å². The monoisotopic (exact) mass is 372 g/mol.